The molecule has 14 nitrogen and oxygen atoms in total. The minimum Gasteiger partial charge on any atom is -0.478 e. The third kappa shape index (κ3) is 8.17. The number of hydrogen-bond acceptors (Lipinski definition) is 11. The number of carboxylic acids is 1. The first-order valence-corrected chi connectivity index (χ1v) is 17.7. The molecule has 0 bridgehead atoms. The maximum Gasteiger partial charge on any atom is 0.335 e. The fraction of sp³-hybridized carbons (Fsp3) is 0.368. The number of halogens is 2. The quantitative estimate of drug-likeness (QED) is 0.142. The highest BCUT2D eigenvalue weighted by Gasteiger charge is 2.42. The molecule has 3 aliphatic rings. The summed E-state index contributed by atoms with van der Waals surface area (Å²) in [6.45, 7) is 0.221. The van der Waals surface area contributed by atoms with Gasteiger partial charge in [-0.3, -0.25) is 14.5 Å². The number of benzene rings is 3. The van der Waals surface area contributed by atoms with Gasteiger partial charge >= 0.3 is 5.97 Å². The van der Waals surface area contributed by atoms with Crippen molar-refractivity contribution in [3.63, 3.8) is 0 Å². The largest absolute Gasteiger partial charge is 0.478 e. The molecule has 6 atom stereocenters. The highest BCUT2D eigenvalue weighted by Crippen LogP contribution is 2.38. The zero-order valence-electron chi connectivity index (χ0n) is 28.9. The third-order valence-corrected chi connectivity index (χ3v) is 10.3. The number of oxime groups is 1. The Hall–Kier alpha value is -4.74. The lowest BCUT2D eigenvalue weighted by Crippen LogP contribution is -2.50. The molecule has 3 aromatic carbocycles. The molecule has 0 aliphatic carbocycles. The number of anilines is 1. The van der Waals surface area contributed by atoms with Crippen LogP contribution in [0.15, 0.2) is 71.9 Å². The predicted molar refractivity (Wildman–Crippen MR) is 194 cm³/mol. The predicted octanol–water partition coefficient (Wildman–Crippen LogP) is 1.96. The van der Waals surface area contributed by atoms with Crippen molar-refractivity contribution in [3.8, 4) is 0 Å². The Balaban J connectivity index is 1.24. The molecular formula is C38H40ClFN4O10. The molecule has 0 radical (unpaired) electrons. The van der Waals surface area contributed by atoms with Gasteiger partial charge in [0.2, 0.25) is 6.10 Å². The van der Waals surface area contributed by atoms with Crippen LogP contribution in [0.5, 0.6) is 0 Å². The van der Waals surface area contributed by atoms with Gasteiger partial charge in [0.05, 0.1) is 29.0 Å². The number of β-amino-alcohol motifs (C(OH)–C–C–N with tert-alkyl or cyclic N) is 1. The number of aromatic carboxylic acids is 1. The molecule has 16 heteroatoms. The van der Waals surface area contributed by atoms with Crippen molar-refractivity contribution in [2.24, 2.45) is 5.16 Å². The van der Waals surface area contributed by atoms with Gasteiger partial charge in [-0.15, -0.1) is 0 Å². The van der Waals surface area contributed by atoms with Crippen LogP contribution in [-0.4, -0.2) is 127 Å². The zero-order valence-corrected chi connectivity index (χ0v) is 29.6. The zero-order chi connectivity index (χ0) is 38.7. The molecule has 7 N–H and O–H groups in total. The van der Waals surface area contributed by atoms with Crippen molar-refractivity contribution < 1.29 is 54.3 Å². The van der Waals surface area contributed by atoms with E-state index in [9.17, 15) is 44.3 Å². The summed E-state index contributed by atoms with van der Waals surface area (Å²) in [5.74, 6) is -2.89. The first-order chi connectivity index (χ1) is 25.9. The Labute approximate surface area is 314 Å². The molecule has 0 aromatic heterocycles. The Morgan fingerprint density at radius 1 is 0.944 bits per heavy atom. The lowest BCUT2D eigenvalue weighted by atomic mass is 9.84. The van der Waals surface area contributed by atoms with E-state index in [1.165, 1.54) is 41.3 Å². The molecule has 0 saturated heterocycles. The normalized spacial score (nSPS) is 20.8. The Kier molecular flexibility index (Phi) is 12.1. The lowest BCUT2D eigenvalue weighted by Gasteiger charge is -2.38. The molecule has 0 fully saturated rings. The molecule has 0 spiro atoms. The maximum absolute atomic E-state index is 14.8. The minimum absolute atomic E-state index is 0.00156. The van der Waals surface area contributed by atoms with Gasteiger partial charge in [-0.25, -0.2) is 9.18 Å². The van der Waals surface area contributed by atoms with E-state index in [4.69, 9.17) is 21.5 Å². The molecule has 4 unspecified atom stereocenters. The van der Waals surface area contributed by atoms with Crippen molar-refractivity contribution in [3.05, 3.63) is 105 Å². The molecule has 3 aliphatic heterocycles. The van der Waals surface area contributed by atoms with Gasteiger partial charge in [0.25, 0.3) is 11.8 Å². The van der Waals surface area contributed by atoms with Gasteiger partial charge < -0.3 is 45.7 Å². The number of aliphatic hydroxyl groups is 5. The van der Waals surface area contributed by atoms with E-state index in [0.29, 0.717) is 37.2 Å². The van der Waals surface area contributed by atoms with Crippen LogP contribution >= 0.6 is 11.6 Å². The number of nitrogens with one attached hydrogen (secondary N) is 1. The van der Waals surface area contributed by atoms with Gasteiger partial charge in [0.1, 0.15) is 24.4 Å². The summed E-state index contributed by atoms with van der Waals surface area (Å²) in [5, 5.41) is 65.5. The minimum atomic E-state index is -1.72. The second-order valence-electron chi connectivity index (χ2n) is 13.4. The fourth-order valence-electron chi connectivity index (χ4n) is 7.03. The van der Waals surface area contributed by atoms with Gasteiger partial charge in [0.15, 0.2) is 5.82 Å². The average molecular weight is 767 g/mol. The topological polar surface area (TPSA) is 213 Å². The second-order valence-corrected chi connectivity index (χ2v) is 13.8. The molecule has 54 heavy (non-hydrogen) atoms. The van der Waals surface area contributed by atoms with E-state index in [-0.39, 0.29) is 41.4 Å². The van der Waals surface area contributed by atoms with Crippen LogP contribution in [0.2, 0.25) is 5.02 Å². The van der Waals surface area contributed by atoms with Crippen molar-refractivity contribution in [2.75, 3.05) is 38.1 Å². The molecule has 2 amide bonds. The first-order valence-electron chi connectivity index (χ1n) is 17.4. The summed E-state index contributed by atoms with van der Waals surface area (Å²) in [6.07, 6.45) is -4.70. The number of carbonyl (C=O) groups is 3. The number of nitrogens with zero attached hydrogens (tertiary/aromatic N) is 3. The number of aliphatic hydroxyl groups excluding tert-OH is 5. The number of hydrogen-bond donors (Lipinski definition) is 7. The standard InChI is InChI=1S/C38H40ClFN4O10/c39-27-6-2-5-26(32(27)40)28-17-31(54-42-28)37(51)44-16-13-24-23(20-11-14-43(15-12-20)18-29(46)34(48)35(49)30(47)19-45)3-1-4-25(24)33(44)36(50)41-22-9-7-21(8-10-22)38(52)53/h1-11,29-31,33-35,45-49H,12-19H2,(H,41,50)(H,52,53)/t29?,30?,31-,33+,34?,35?/m1/s1. The van der Waals surface area contributed by atoms with Crippen molar-refractivity contribution in [1.82, 2.24) is 9.80 Å². The Morgan fingerprint density at radius 2 is 1.65 bits per heavy atom. The van der Waals surface area contributed by atoms with Gasteiger partial charge in [0, 0.05) is 43.9 Å². The third-order valence-electron chi connectivity index (χ3n) is 9.97. The van der Waals surface area contributed by atoms with E-state index < -0.39 is 66.8 Å². The Morgan fingerprint density at radius 3 is 2.33 bits per heavy atom. The van der Waals surface area contributed by atoms with E-state index in [1.54, 1.807) is 18.2 Å². The first kappa shape index (κ1) is 39.0. The molecular weight excluding hydrogens is 727 g/mol. The van der Waals surface area contributed by atoms with Crippen LogP contribution in [0.25, 0.3) is 5.57 Å². The smallest absolute Gasteiger partial charge is 0.335 e. The lowest BCUT2D eigenvalue weighted by molar-refractivity contribution is -0.148. The summed E-state index contributed by atoms with van der Waals surface area (Å²) in [4.78, 5) is 48.5. The fourth-order valence-corrected chi connectivity index (χ4v) is 7.21. The summed E-state index contributed by atoms with van der Waals surface area (Å²) in [7, 11) is 0. The van der Waals surface area contributed by atoms with Crippen LogP contribution in [0, 0.1) is 5.82 Å². The van der Waals surface area contributed by atoms with E-state index in [2.05, 4.69) is 10.5 Å². The van der Waals surface area contributed by atoms with Gasteiger partial charge in [-0.1, -0.05) is 47.1 Å². The second kappa shape index (κ2) is 16.7. The van der Waals surface area contributed by atoms with E-state index in [0.717, 1.165) is 16.7 Å². The van der Waals surface area contributed by atoms with E-state index in [1.807, 2.05) is 17.0 Å². The van der Waals surface area contributed by atoms with Crippen LogP contribution < -0.4 is 5.32 Å². The highest BCUT2D eigenvalue weighted by atomic mass is 35.5. The van der Waals surface area contributed by atoms with Crippen LogP contribution in [0.1, 0.15) is 51.5 Å². The monoisotopic (exact) mass is 766 g/mol. The molecule has 3 aromatic rings. The number of carboxylic acid groups (broad SMARTS) is 1. The molecule has 6 rings (SSSR count). The Bertz CT molecular complexity index is 1960. The van der Waals surface area contributed by atoms with Crippen LogP contribution in [0.4, 0.5) is 10.1 Å². The number of carbonyl (C=O) groups excluding carboxylic acids is 2. The SMILES string of the molecule is O=C(O)c1ccc(NC(=O)[C@@H]2c3cccc(C4=CCN(CC(O)C(O)C(O)C(O)CO)CC4)c3CCN2C(=O)[C@H]2CC(c3cccc(Cl)c3F)=NO2)cc1. The van der Waals surface area contributed by atoms with Crippen molar-refractivity contribution in [1.29, 1.82) is 0 Å². The van der Waals surface area contributed by atoms with Crippen LogP contribution in [0.3, 0.4) is 0 Å². The summed E-state index contributed by atoms with van der Waals surface area (Å²) < 4.78 is 14.8. The summed E-state index contributed by atoms with van der Waals surface area (Å²) in [5.41, 5.74) is 3.93. The van der Waals surface area contributed by atoms with Crippen LogP contribution in [-0.2, 0) is 20.8 Å². The summed E-state index contributed by atoms with van der Waals surface area (Å²) >= 11 is 5.97. The van der Waals surface area contributed by atoms with Gasteiger partial charge in [-0.2, -0.15) is 0 Å². The van der Waals surface area contributed by atoms with Crippen molar-refractivity contribution >= 4 is 46.4 Å². The number of amides is 2. The van der Waals surface area contributed by atoms with Gasteiger partial charge in [-0.05, 0) is 71.5 Å². The molecule has 286 valence electrons. The van der Waals surface area contributed by atoms with Crippen molar-refractivity contribution in [2.45, 2.75) is 55.8 Å². The highest BCUT2D eigenvalue weighted by molar-refractivity contribution is 6.31. The average Bonchev–Trinajstić information content (AvgIpc) is 3.67. The molecule has 3 heterocycles. The number of rotatable bonds is 12. The number of fused-ring (bicyclic) bond motifs is 1. The van der Waals surface area contributed by atoms with E-state index >= 15 is 0 Å². The maximum atomic E-state index is 14.8. The molecule has 0 saturated carbocycles. The summed E-state index contributed by atoms with van der Waals surface area (Å²) in [6, 6.07) is 14.4.